The van der Waals surface area contributed by atoms with Crippen LogP contribution in [0, 0.1) is 0 Å². The van der Waals surface area contributed by atoms with Gasteiger partial charge in [-0.05, 0) is 50.1 Å². The van der Waals surface area contributed by atoms with Crippen LogP contribution in [0.15, 0.2) is 58.4 Å². The molecule has 2 heterocycles. The minimum Gasteiger partial charge on any atom is -0.503 e. The number of benzene rings is 1. The molecule has 1 aromatic carbocycles. The van der Waals surface area contributed by atoms with Crippen molar-refractivity contribution in [2.75, 3.05) is 32.8 Å². The topological polar surface area (TPSA) is 84.4 Å². The summed E-state index contributed by atoms with van der Waals surface area (Å²) in [6, 6.07) is 9.80. The molecule has 1 aromatic heterocycles. The number of furan rings is 1. The van der Waals surface area contributed by atoms with E-state index >= 15 is 0 Å². The minimum absolute atomic E-state index is 0.0525. The Labute approximate surface area is 182 Å². The Hall–Kier alpha value is -3.06. The SMILES string of the molecule is CCCOc1ccc([C@@H]2C(C(=O)c3ccco3)=C(O)C(=O)N2CC[NH+](CC)CC)cc1. The second-order valence-electron chi connectivity index (χ2n) is 7.59. The maximum Gasteiger partial charge on any atom is 0.290 e. The Kier molecular flexibility index (Phi) is 7.52. The summed E-state index contributed by atoms with van der Waals surface area (Å²) >= 11 is 0. The number of ether oxygens (including phenoxy) is 1. The highest BCUT2D eigenvalue weighted by atomic mass is 16.5. The molecule has 1 aliphatic rings. The highest BCUT2D eigenvalue weighted by Gasteiger charge is 2.44. The van der Waals surface area contributed by atoms with E-state index in [9.17, 15) is 14.7 Å². The number of hydrogen-bond acceptors (Lipinski definition) is 5. The number of carbonyl (C=O) groups excluding carboxylic acids is 2. The van der Waals surface area contributed by atoms with Crippen LogP contribution in [0.25, 0.3) is 0 Å². The number of carbonyl (C=O) groups is 2. The highest BCUT2D eigenvalue weighted by Crippen LogP contribution is 2.39. The standard InChI is InChI=1S/C24H30N2O5/c1-4-15-30-18-11-9-17(10-12-18)21-20(22(27)19-8-7-16-31-19)23(28)24(29)26(21)14-13-25(5-2)6-3/h7-12,16,21,28H,4-6,13-15H2,1-3H3/p+1/t21-/m1/s1. The Bertz CT molecular complexity index is 914. The highest BCUT2D eigenvalue weighted by molar-refractivity contribution is 6.15. The third kappa shape index (κ3) is 4.82. The molecule has 2 aromatic rings. The van der Waals surface area contributed by atoms with E-state index in [1.807, 2.05) is 31.2 Å². The number of hydrogen-bond donors (Lipinski definition) is 2. The number of quaternary nitrogens is 1. The molecule has 1 amide bonds. The average molecular weight is 428 g/mol. The van der Waals surface area contributed by atoms with E-state index in [1.54, 1.807) is 11.0 Å². The number of likely N-dealkylation sites (N-methyl/N-ethyl adjacent to an activating group) is 1. The van der Waals surface area contributed by atoms with Gasteiger partial charge in [0.05, 0.1) is 50.7 Å². The van der Waals surface area contributed by atoms with Gasteiger partial charge in [-0.25, -0.2) is 0 Å². The third-order valence-electron chi connectivity index (χ3n) is 5.67. The smallest absolute Gasteiger partial charge is 0.290 e. The zero-order chi connectivity index (χ0) is 22.4. The van der Waals surface area contributed by atoms with Crippen molar-refractivity contribution in [2.45, 2.75) is 33.2 Å². The molecule has 0 saturated carbocycles. The van der Waals surface area contributed by atoms with Crippen LogP contribution in [0.2, 0.25) is 0 Å². The van der Waals surface area contributed by atoms with Gasteiger partial charge in [0, 0.05) is 0 Å². The Morgan fingerprint density at radius 1 is 1.16 bits per heavy atom. The van der Waals surface area contributed by atoms with Crippen molar-refractivity contribution in [3.05, 3.63) is 65.3 Å². The molecule has 7 heteroatoms. The fourth-order valence-electron chi connectivity index (χ4n) is 3.85. The zero-order valence-electron chi connectivity index (χ0n) is 18.4. The van der Waals surface area contributed by atoms with Gasteiger partial charge in [0.15, 0.2) is 11.5 Å². The molecule has 1 aliphatic heterocycles. The molecule has 0 bridgehead atoms. The lowest BCUT2D eigenvalue weighted by molar-refractivity contribution is -0.895. The van der Waals surface area contributed by atoms with E-state index in [-0.39, 0.29) is 11.3 Å². The lowest BCUT2D eigenvalue weighted by Crippen LogP contribution is -3.12. The van der Waals surface area contributed by atoms with Crippen LogP contribution in [0.4, 0.5) is 0 Å². The molecule has 0 aliphatic carbocycles. The second kappa shape index (κ2) is 10.3. The van der Waals surface area contributed by atoms with Crippen molar-refractivity contribution in [1.82, 2.24) is 4.90 Å². The van der Waals surface area contributed by atoms with Crippen LogP contribution in [-0.4, -0.2) is 54.5 Å². The van der Waals surface area contributed by atoms with Gasteiger partial charge in [0.1, 0.15) is 5.75 Å². The van der Waals surface area contributed by atoms with E-state index in [0.29, 0.717) is 13.2 Å². The molecule has 2 N–H and O–H groups in total. The first-order chi connectivity index (χ1) is 15.0. The van der Waals surface area contributed by atoms with E-state index in [0.717, 1.165) is 37.4 Å². The summed E-state index contributed by atoms with van der Waals surface area (Å²) in [6.07, 6.45) is 2.30. The number of ketones is 1. The summed E-state index contributed by atoms with van der Waals surface area (Å²) in [6.45, 7) is 9.86. The van der Waals surface area contributed by atoms with Gasteiger partial charge in [0.25, 0.3) is 5.91 Å². The van der Waals surface area contributed by atoms with E-state index in [4.69, 9.17) is 9.15 Å². The first kappa shape index (κ1) is 22.6. The molecule has 1 atom stereocenters. The summed E-state index contributed by atoms with van der Waals surface area (Å²) in [5.41, 5.74) is 0.794. The Balaban J connectivity index is 1.95. The lowest BCUT2D eigenvalue weighted by Gasteiger charge is -2.28. The lowest BCUT2D eigenvalue weighted by atomic mass is 9.95. The molecule has 0 unspecified atom stereocenters. The van der Waals surface area contributed by atoms with E-state index < -0.39 is 23.5 Å². The van der Waals surface area contributed by atoms with Gasteiger partial charge in [0.2, 0.25) is 5.78 Å². The molecule has 166 valence electrons. The molecule has 7 nitrogen and oxygen atoms in total. The minimum atomic E-state index is -0.680. The van der Waals surface area contributed by atoms with Crippen molar-refractivity contribution < 1.29 is 28.7 Å². The maximum absolute atomic E-state index is 13.1. The van der Waals surface area contributed by atoms with Crippen molar-refractivity contribution in [2.24, 2.45) is 0 Å². The number of Topliss-reactive ketones (excluding diaryl/α,β-unsaturated/α-hetero) is 1. The van der Waals surface area contributed by atoms with Crippen LogP contribution < -0.4 is 9.64 Å². The molecule has 31 heavy (non-hydrogen) atoms. The monoisotopic (exact) mass is 427 g/mol. The maximum atomic E-state index is 13.1. The summed E-state index contributed by atoms with van der Waals surface area (Å²) in [7, 11) is 0. The molecule has 0 fully saturated rings. The molecule has 0 radical (unpaired) electrons. The Morgan fingerprint density at radius 3 is 2.45 bits per heavy atom. The van der Waals surface area contributed by atoms with Crippen molar-refractivity contribution in [3.63, 3.8) is 0 Å². The van der Waals surface area contributed by atoms with E-state index in [1.165, 1.54) is 17.2 Å². The van der Waals surface area contributed by atoms with Crippen molar-refractivity contribution >= 4 is 11.7 Å². The van der Waals surface area contributed by atoms with Crippen molar-refractivity contribution in [1.29, 1.82) is 0 Å². The molecule has 0 spiro atoms. The number of nitrogens with zero attached hydrogens (tertiary/aromatic N) is 1. The third-order valence-corrected chi connectivity index (χ3v) is 5.67. The van der Waals surface area contributed by atoms with Gasteiger partial charge in [-0.1, -0.05) is 19.1 Å². The average Bonchev–Trinajstić information content (AvgIpc) is 3.41. The first-order valence-corrected chi connectivity index (χ1v) is 10.9. The van der Waals surface area contributed by atoms with Crippen LogP contribution in [0.5, 0.6) is 5.75 Å². The number of aliphatic hydroxyl groups excluding tert-OH is 1. The molecule has 0 saturated heterocycles. The van der Waals surface area contributed by atoms with Crippen LogP contribution in [-0.2, 0) is 4.79 Å². The van der Waals surface area contributed by atoms with Gasteiger partial charge >= 0.3 is 0 Å². The van der Waals surface area contributed by atoms with Crippen LogP contribution in [0.3, 0.4) is 0 Å². The quantitative estimate of drug-likeness (QED) is 0.539. The van der Waals surface area contributed by atoms with Crippen LogP contribution >= 0.6 is 0 Å². The fourth-order valence-corrected chi connectivity index (χ4v) is 3.85. The first-order valence-electron chi connectivity index (χ1n) is 10.9. The van der Waals surface area contributed by atoms with Crippen LogP contribution in [0.1, 0.15) is 49.4 Å². The predicted molar refractivity (Wildman–Crippen MR) is 116 cm³/mol. The van der Waals surface area contributed by atoms with Gasteiger partial charge in [-0.2, -0.15) is 0 Å². The molecule has 3 rings (SSSR count). The number of aliphatic hydroxyl groups is 1. The predicted octanol–water partition coefficient (Wildman–Crippen LogP) is 2.57. The fraction of sp³-hybridized carbons (Fsp3) is 0.417. The second-order valence-corrected chi connectivity index (χ2v) is 7.59. The normalized spacial score (nSPS) is 16.5. The van der Waals surface area contributed by atoms with Gasteiger partial charge < -0.3 is 24.1 Å². The summed E-state index contributed by atoms with van der Waals surface area (Å²) in [5, 5.41) is 10.7. The number of rotatable bonds is 11. The van der Waals surface area contributed by atoms with Gasteiger partial charge in [-0.15, -0.1) is 0 Å². The Morgan fingerprint density at radius 2 is 1.87 bits per heavy atom. The summed E-state index contributed by atoms with van der Waals surface area (Å²) in [5.74, 6) is -0.700. The van der Waals surface area contributed by atoms with Crippen molar-refractivity contribution in [3.8, 4) is 5.75 Å². The largest absolute Gasteiger partial charge is 0.503 e. The molecular formula is C24H31N2O5+. The summed E-state index contributed by atoms with van der Waals surface area (Å²) < 4.78 is 10.9. The summed E-state index contributed by atoms with van der Waals surface area (Å²) in [4.78, 5) is 29.0. The zero-order valence-corrected chi connectivity index (χ0v) is 18.4. The number of amides is 1. The van der Waals surface area contributed by atoms with Gasteiger partial charge in [-0.3, -0.25) is 9.59 Å². The van der Waals surface area contributed by atoms with E-state index in [2.05, 4.69) is 13.8 Å². The number of nitrogens with one attached hydrogen (secondary N) is 1. The molecular weight excluding hydrogens is 396 g/mol.